The molecule has 1 fully saturated rings. The highest BCUT2D eigenvalue weighted by atomic mass is 16.6. The number of carbonyl (C=O) groups excluding carboxylic acids is 1. The molecule has 1 atom stereocenters. The normalized spacial score (nSPS) is 19.2. The molecule has 1 amide bonds. The number of hydrogen-bond acceptors (Lipinski definition) is 5. The monoisotopic (exact) mass is 299 g/mol. The Hall–Kier alpha value is -2.57. The van der Waals surface area contributed by atoms with Crippen LogP contribution >= 0.6 is 0 Å². The van der Waals surface area contributed by atoms with Gasteiger partial charge in [0.05, 0.1) is 12.1 Å². The minimum absolute atomic E-state index is 0.140. The standard InChI is InChI=1S/C16H17N3O3/c1-2-21-14-16(11-17,12-18)8-9-19(14)15(20)22-10-13-6-4-3-5-7-13/h3-7,14H,2,8-10H2,1H3. The average molecular weight is 299 g/mol. The van der Waals surface area contributed by atoms with E-state index in [1.807, 2.05) is 42.5 Å². The fourth-order valence-electron chi connectivity index (χ4n) is 2.43. The molecule has 6 nitrogen and oxygen atoms in total. The van der Waals surface area contributed by atoms with E-state index in [9.17, 15) is 15.3 Å². The van der Waals surface area contributed by atoms with Gasteiger partial charge in [-0.1, -0.05) is 30.3 Å². The van der Waals surface area contributed by atoms with E-state index in [0.29, 0.717) is 6.61 Å². The molecular weight excluding hydrogens is 282 g/mol. The van der Waals surface area contributed by atoms with Crippen molar-refractivity contribution in [3.63, 3.8) is 0 Å². The van der Waals surface area contributed by atoms with Gasteiger partial charge in [-0.3, -0.25) is 4.90 Å². The third kappa shape index (κ3) is 3.03. The zero-order valence-corrected chi connectivity index (χ0v) is 12.4. The van der Waals surface area contributed by atoms with E-state index in [2.05, 4.69) is 0 Å². The first-order valence-corrected chi connectivity index (χ1v) is 7.08. The van der Waals surface area contributed by atoms with Crippen LogP contribution in [0.2, 0.25) is 0 Å². The smallest absolute Gasteiger partial charge is 0.412 e. The molecule has 22 heavy (non-hydrogen) atoms. The van der Waals surface area contributed by atoms with E-state index in [1.165, 1.54) is 4.90 Å². The van der Waals surface area contributed by atoms with Crippen molar-refractivity contribution in [3.8, 4) is 12.1 Å². The summed E-state index contributed by atoms with van der Waals surface area (Å²) < 4.78 is 10.7. The SMILES string of the molecule is CCOC1N(C(=O)OCc2ccccc2)CCC1(C#N)C#N. The maximum atomic E-state index is 12.2. The molecule has 1 aliphatic heterocycles. The van der Waals surface area contributed by atoms with Gasteiger partial charge in [-0.15, -0.1) is 0 Å². The molecule has 1 heterocycles. The maximum absolute atomic E-state index is 12.2. The predicted molar refractivity (Wildman–Crippen MR) is 77.0 cm³/mol. The molecule has 0 aromatic heterocycles. The molecule has 0 saturated carbocycles. The summed E-state index contributed by atoms with van der Waals surface area (Å²) in [4.78, 5) is 13.5. The summed E-state index contributed by atoms with van der Waals surface area (Å²) in [5.41, 5.74) is -0.461. The lowest BCUT2D eigenvalue weighted by atomic mass is 9.89. The predicted octanol–water partition coefficient (Wildman–Crippen LogP) is 2.43. The Bertz CT molecular complexity index is 589. The van der Waals surface area contributed by atoms with Crippen molar-refractivity contribution in [1.82, 2.24) is 4.90 Å². The summed E-state index contributed by atoms with van der Waals surface area (Å²) in [5.74, 6) is 0. The lowest BCUT2D eigenvalue weighted by Gasteiger charge is -2.27. The lowest BCUT2D eigenvalue weighted by Crippen LogP contribution is -2.44. The van der Waals surface area contributed by atoms with Gasteiger partial charge < -0.3 is 9.47 Å². The van der Waals surface area contributed by atoms with Crippen LogP contribution in [0, 0.1) is 28.1 Å². The third-order valence-corrected chi connectivity index (χ3v) is 3.61. The molecule has 0 N–H and O–H groups in total. The number of carbonyl (C=O) groups is 1. The van der Waals surface area contributed by atoms with Crippen LogP contribution in [0.5, 0.6) is 0 Å². The number of likely N-dealkylation sites (tertiary alicyclic amines) is 1. The second-order valence-electron chi connectivity index (χ2n) is 4.99. The van der Waals surface area contributed by atoms with Crippen molar-refractivity contribution in [2.45, 2.75) is 26.2 Å². The van der Waals surface area contributed by atoms with Gasteiger partial charge in [-0.25, -0.2) is 4.79 Å². The topological polar surface area (TPSA) is 86.3 Å². The molecule has 1 aromatic carbocycles. The molecule has 1 unspecified atom stereocenters. The van der Waals surface area contributed by atoms with Gasteiger partial charge in [0.25, 0.3) is 0 Å². The van der Waals surface area contributed by atoms with Gasteiger partial charge in [-0.2, -0.15) is 10.5 Å². The van der Waals surface area contributed by atoms with E-state index in [-0.39, 0.29) is 19.6 Å². The first kappa shape index (κ1) is 15.8. The van der Waals surface area contributed by atoms with Crippen molar-refractivity contribution in [2.24, 2.45) is 5.41 Å². The second kappa shape index (κ2) is 6.93. The highest BCUT2D eigenvalue weighted by Crippen LogP contribution is 2.37. The first-order valence-electron chi connectivity index (χ1n) is 7.08. The first-order chi connectivity index (χ1) is 10.7. The average Bonchev–Trinajstić information content (AvgIpc) is 2.93. The molecule has 2 rings (SSSR count). The highest BCUT2D eigenvalue weighted by Gasteiger charge is 2.52. The fourth-order valence-corrected chi connectivity index (χ4v) is 2.43. The lowest BCUT2D eigenvalue weighted by molar-refractivity contribution is -0.0552. The Kier molecular flexibility index (Phi) is 4.98. The van der Waals surface area contributed by atoms with Crippen LogP contribution < -0.4 is 0 Å². The van der Waals surface area contributed by atoms with Crippen molar-refractivity contribution < 1.29 is 14.3 Å². The Morgan fingerprint density at radius 3 is 2.64 bits per heavy atom. The van der Waals surface area contributed by atoms with Crippen LogP contribution in [0.15, 0.2) is 30.3 Å². The van der Waals surface area contributed by atoms with E-state index >= 15 is 0 Å². The molecular formula is C16H17N3O3. The molecule has 6 heteroatoms. The van der Waals surface area contributed by atoms with Crippen molar-refractivity contribution in [2.75, 3.05) is 13.2 Å². The summed E-state index contributed by atoms with van der Waals surface area (Å²) in [5, 5.41) is 18.6. The third-order valence-electron chi connectivity index (χ3n) is 3.61. The molecule has 0 radical (unpaired) electrons. The minimum atomic E-state index is -1.33. The van der Waals surface area contributed by atoms with Crippen LogP contribution in [-0.2, 0) is 16.1 Å². The van der Waals surface area contributed by atoms with Crippen LogP contribution in [0.25, 0.3) is 0 Å². The molecule has 0 spiro atoms. The Balaban J connectivity index is 2.06. The summed E-state index contributed by atoms with van der Waals surface area (Å²) >= 11 is 0. The summed E-state index contributed by atoms with van der Waals surface area (Å²) in [6, 6.07) is 13.3. The van der Waals surface area contributed by atoms with Crippen LogP contribution in [-0.4, -0.2) is 30.4 Å². The molecule has 0 bridgehead atoms. The van der Waals surface area contributed by atoms with Crippen molar-refractivity contribution >= 4 is 6.09 Å². The van der Waals surface area contributed by atoms with Crippen LogP contribution in [0.1, 0.15) is 18.9 Å². The maximum Gasteiger partial charge on any atom is 0.412 e. The van der Waals surface area contributed by atoms with E-state index in [0.717, 1.165) is 5.56 Å². The van der Waals surface area contributed by atoms with Gasteiger partial charge in [0.2, 0.25) is 0 Å². The Morgan fingerprint density at radius 1 is 1.36 bits per heavy atom. The number of amides is 1. The number of rotatable bonds is 4. The van der Waals surface area contributed by atoms with Gasteiger partial charge in [0, 0.05) is 19.6 Å². The van der Waals surface area contributed by atoms with Gasteiger partial charge in [-0.05, 0) is 12.5 Å². The summed E-state index contributed by atoms with van der Waals surface area (Å²) in [6.45, 7) is 2.46. The summed E-state index contributed by atoms with van der Waals surface area (Å²) in [7, 11) is 0. The Morgan fingerprint density at radius 2 is 2.05 bits per heavy atom. The van der Waals surface area contributed by atoms with Crippen LogP contribution in [0.3, 0.4) is 0 Å². The molecule has 1 aliphatic rings. The van der Waals surface area contributed by atoms with Gasteiger partial charge in [0.15, 0.2) is 11.6 Å². The summed E-state index contributed by atoms with van der Waals surface area (Å²) in [6.07, 6.45) is -1.21. The quantitative estimate of drug-likeness (QED) is 0.852. The highest BCUT2D eigenvalue weighted by molar-refractivity contribution is 5.69. The number of hydrogen-bond donors (Lipinski definition) is 0. The van der Waals surface area contributed by atoms with Crippen LogP contribution in [0.4, 0.5) is 4.79 Å². The number of nitriles is 2. The molecule has 1 saturated heterocycles. The zero-order chi connectivity index (χ0) is 16.0. The minimum Gasteiger partial charge on any atom is -0.444 e. The van der Waals surface area contributed by atoms with E-state index in [4.69, 9.17) is 9.47 Å². The fraction of sp³-hybridized carbons (Fsp3) is 0.438. The van der Waals surface area contributed by atoms with Gasteiger partial charge in [0.1, 0.15) is 6.61 Å². The largest absolute Gasteiger partial charge is 0.444 e. The van der Waals surface area contributed by atoms with E-state index < -0.39 is 17.7 Å². The van der Waals surface area contributed by atoms with Gasteiger partial charge >= 0.3 is 6.09 Å². The number of nitrogens with zero attached hydrogens (tertiary/aromatic N) is 3. The molecule has 1 aromatic rings. The van der Waals surface area contributed by atoms with Crippen molar-refractivity contribution in [3.05, 3.63) is 35.9 Å². The second-order valence-corrected chi connectivity index (χ2v) is 4.99. The van der Waals surface area contributed by atoms with Crippen molar-refractivity contribution in [1.29, 1.82) is 10.5 Å². The number of ether oxygens (including phenoxy) is 2. The number of benzene rings is 1. The zero-order valence-electron chi connectivity index (χ0n) is 12.4. The Labute approximate surface area is 129 Å². The molecule has 0 aliphatic carbocycles. The van der Waals surface area contributed by atoms with E-state index in [1.54, 1.807) is 6.92 Å². The molecule has 114 valence electrons.